The first-order valence-electron chi connectivity index (χ1n) is 8.64. The summed E-state index contributed by atoms with van der Waals surface area (Å²) in [7, 11) is 0. The lowest BCUT2D eigenvalue weighted by atomic mass is 9.85. The Balaban J connectivity index is 1.84. The highest BCUT2D eigenvalue weighted by Gasteiger charge is 2.26. The van der Waals surface area contributed by atoms with Gasteiger partial charge in [-0.15, -0.1) is 0 Å². The monoisotopic (exact) mass is 307 g/mol. The van der Waals surface area contributed by atoms with Crippen LogP contribution in [0.2, 0.25) is 0 Å². The fraction of sp³-hybridized carbons (Fsp3) is 0.737. The van der Waals surface area contributed by atoms with Crippen molar-refractivity contribution in [2.75, 3.05) is 13.1 Å². The first-order valence-corrected chi connectivity index (χ1v) is 8.64. The van der Waals surface area contributed by atoms with Crippen molar-refractivity contribution in [3.05, 3.63) is 22.3 Å². The number of alkyl halides is 1. The van der Waals surface area contributed by atoms with Crippen LogP contribution in [0.3, 0.4) is 0 Å². The van der Waals surface area contributed by atoms with Gasteiger partial charge in [0.1, 0.15) is 6.17 Å². The highest BCUT2D eigenvalue weighted by atomic mass is 19.1. The molecule has 2 nitrogen and oxygen atoms in total. The van der Waals surface area contributed by atoms with Crippen LogP contribution in [0, 0.1) is 5.92 Å². The van der Waals surface area contributed by atoms with Crippen LogP contribution in [-0.4, -0.2) is 30.1 Å². The summed E-state index contributed by atoms with van der Waals surface area (Å²) in [5.74, 6) is 0.258. The Labute approximate surface area is 134 Å². The number of likely N-dealkylation sites (tertiary alicyclic amines) is 1. The van der Waals surface area contributed by atoms with Crippen molar-refractivity contribution in [2.24, 2.45) is 5.92 Å². The lowest BCUT2D eigenvalue weighted by molar-refractivity contribution is -0.136. The van der Waals surface area contributed by atoms with Crippen molar-refractivity contribution in [1.29, 1.82) is 0 Å². The predicted molar refractivity (Wildman–Crippen MR) is 89.4 cm³/mol. The Hall–Kier alpha value is -1.12. The lowest BCUT2D eigenvalue weighted by Crippen LogP contribution is -2.41. The van der Waals surface area contributed by atoms with E-state index in [0.717, 1.165) is 25.7 Å². The first kappa shape index (κ1) is 17.2. The molecular weight excluding hydrogens is 277 g/mol. The molecule has 1 saturated heterocycles. The van der Waals surface area contributed by atoms with E-state index in [2.05, 4.69) is 20.8 Å². The maximum atomic E-state index is 13.2. The molecule has 1 heterocycles. The van der Waals surface area contributed by atoms with E-state index in [1.54, 1.807) is 0 Å². The molecule has 0 saturated carbocycles. The Bertz CT molecular complexity index is 484. The highest BCUT2D eigenvalue weighted by Crippen LogP contribution is 2.32. The van der Waals surface area contributed by atoms with Crippen molar-refractivity contribution in [2.45, 2.75) is 72.4 Å². The quantitative estimate of drug-likeness (QED) is 0.683. The highest BCUT2D eigenvalue weighted by molar-refractivity contribution is 5.78. The summed E-state index contributed by atoms with van der Waals surface area (Å²) in [6.45, 7) is 9.87. The lowest BCUT2D eigenvalue weighted by Gasteiger charge is -2.31. The zero-order valence-corrected chi connectivity index (χ0v) is 14.5. The third-order valence-corrected chi connectivity index (χ3v) is 5.38. The van der Waals surface area contributed by atoms with Crippen molar-refractivity contribution in [3.8, 4) is 0 Å². The fourth-order valence-electron chi connectivity index (χ4n) is 3.49. The number of nitrogens with zero attached hydrogens (tertiary/aromatic N) is 1. The van der Waals surface area contributed by atoms with E-state index in [-0.39, 0.29) is 11.8 Å². The van der Waals surface area contributed by atoms with E-state index in [4.69, 9.17) is 0 Å². The number of hydrogen-bond donors (Lipinski definition) is 0. The second-order valence-electron chi connectivity index (χ2n) is 7.24. The van der Waals surface area contributed by atoms with Gasteiger partial charge in [0.2, 0.25) is 5.91 Å². The van der Waals surface area contributed by atoms with Crippen LogP contribution in [-0.2, 0) is 4.79 Å². The smallest absolute Gasteiger partial charge is 0.225 e. The Morgan fingerprint density at radius 2 is 1.73 bits per heavy atom. The van der Waals surface area contributed by atoms with Crippen molar-refractivity contribution in [1.82, 2.24) is 4.90 Å². The van der Waals surface area contributed by atoms with Crippen LogP contribution in [0.1, 0.15) is 66.2 Å². The molecule has 0 aromatic rings. The zero-order valence-electron chi connectivity index (χ0n) is 14.5. The minimum atomic E-state index is -0.715. The number of carbonyl (C=O) groups excluding carboxylic acids is 1. The van der Waals surface area contributed by atoms with Crippen molar-refractivity contribution < 1.29 is 9.18 Å². The van der Waals surface area contributed by atoms with Gasteiger partial charge in [0.15, 0.2) is 0 Å². The van der Waals surface area contributed by atoms with Gasteiger partial charge in [0, 0.05) is 19.0 Å². The minimum Gasteiger partial charge on any atom is -0.342 e. The van der Waals surface area contributed by atoms with Crippen LogP contribution in [0.15, 0.2) is 22.3 Å². The van der Waals surface area contributed by atoms with E-state index in [0.29, 0.717) is 25.9 Å². The Kier molecular flexibility index (Phi) is 5.82. The van der Waals surface area contributed by atoms with Gasteiger partial charge in [-0.3, -0.25) is 4.79 Å². The summed E-state index contributed by atoms with van der Waals surface area (Å²) < 4.78 is 13.2. The third kappa shape index (κ3) is 4.21. The van der Waals surface area contributed by atoms with Gasteiger partial charge in [-0.2, -0.15) is 0 Å². The molecule has 124 valence electrons. The Morgan fingerprint density at radius 3 is 2.36 bits per heavy atom. The standard InChI is InChI=1S/C19H30FNO/c1-13(19(22)21-9-7-18(20)8-10-21)5-6-17-12-15(3)14(2)11-16(17)4/h13,18H,5-12H2,1-4H3. The fourth-order valence-corrected chi connectivity index (χ4v) is 3.49. The average molecular weight is 307 g/mol. The van der Waals surface area contributed by atoms with Crippen molar-refractivity contribution in [3.63, 3.8) is 0 Å². The summed E-state index contributed by atoms with van der Waals surface area (Å²) in [5.41, 5.74) is 6.00. The van der Waals surface area contributed by atoms with Gasteiger partial charge < -0.3 is 4.90 Å². The molecule has 2 aliphatic rings. The molecule has 3 heteroatoms. The maximum absolute atomic E-state index is 13.2. The summed E-state index contributed by atoms with van der Waals surface area (Å²) in [4.78, 5) is 14.3. The van der Waals surface area contributed by atoms with E-state index in [1.165, 1.54) is 22.3 Å². The summed E-state index contributed by atoms with van der Waals surface area (Å²) >= 11 is 0. The maximum Gasteiger partial charge on any atom is 0.225 e. The molecule has 0 spiro atoms. The number of piperidine rings is 1. The molecule has 0 bridgehead atoms. The second kappa shape index (κ2) is 7.43. The largest absolute Gasteiger partial charge is 0.342 e. The molecule has 1 fully saturated rings. The average Bonchev–Trinajstić information content (AvgIpc) is 2.49. The van der Waals surface area contributed by atoms with Gasteiger partial charge in [0.05, 0.1) is 0 Å². The van der Waals surface area contributed by atoms with Gasteiger partial charge in [-0.25, -0.2) is 4.39 Å². The molecule has 1 aliphatic heterocycles. The minimum absolute atomic E-state index is 0.0452. The van der Waals surface area contributed by atoms with Gasteiger partial charge in [0.25, 0.3) is 0 Å². The van der Waals surface area contributed by atoms with E-state index in [1.807, 2.05) is 11.8 Å². The van der Waals surface area contributed by atoms with Crippen LogP contribution in [0.4, 0.5) is 4.39 Å². The molecule has 1 atom stereocenters. The number of halogens is 1. The second-order valence-corrected chi connectivity index (χ2v) is 7.24. The summed E-state index contributed by atoms with van der Waals surface area (Å²) in [5, 5.41) is 0. The molecule has 0 aromatic heterocycles. The van der Waals surface area contributed by atoms with Crippen LogP contribution in [0.5, 0.6) is 0 Å². The van der Waals surface area contributed by atoms with Gasteiger partial charge in [-0.1, -0.05) is 29.2 Å². The number of rotatable bonds is 4. The molecular formula is C19H30FNO. The van der Waals surface area contributed by atoms with E-state index >= 15 is 0 Å². The molecule has 0 aromatic carbocycles. The van der Waals surface area contributed by atoms with E-state index < -0.39 is 6.17 Å². The van der Waals surface area contributed by atoms with E-state index in [9.17, 15) is 9.18 Å². The first-order chi connectivity index (χ1) is 10.4. The predicted octanol–water partition coefficient (Wildman–Crippen LogP) is 4.81. The number of hydrogen-bond acceptors (Lipinski definition) is 1. The topological polar surface area (TPSA) is 20.3 Å². The zero-order chi connectivity index (χ0) is 16.3. The van der Waals surface area contributed by atoms with Crippen molar-refractivity contribution >= 4 is 5.91 Å². The summed E-state index contributed by atoms with van der Waals surface area (Å²) in [6.07, 6.45) is 4.39. The molecule has 2 rings (SSSR count). The third-order valence-electron chi connectivity index (χ3n) is 5.38. The summed E-state index contributed by atoms with van der Waals surface area (Å²) in [6, 6.07) is 0. The van der Waals surface area contributed by atoms with Crippen LogP contribution in [0.25, 0.3) is 0 Å². The van der Waals surface area contributed by atoms with Crippen LogP contribution < -0.4 is 0 Å². The molecule has 1 amide bonds. The number of amides is 1. The Morgan fingerprint density at radius 1 is 1.14 bits per heavy atom. The van der Waals surface area contributed by atoms with Gasteiger partial charge in [-0.05, 0) is 59.3 Å². The molecule has 0 N–H and O–H groups in total. The van der Waals surface area contributed by atoms with Crippen LogP contribution >= 0.6 is 0 Å². The normalized spacial score (nSPS) is 22.3. The molecule has 22 heavy (non-hydrogen) atoms. The molecule has 0 radical (unpaired) electrons. The molecule has 1 unspecified atom stereocenters. The SMILES string of the molecule is CC1=C(C)CC(CCC(C)C(=O)N2CCC(F)CC2)=C(C)C1. The molecule has 1 aliphatic carbocycles. The number of allylic oxidation sites excluding steroid dienone is 4. The van der Waals surface area contributed by atoms with Gasteiger partial charge >= 0.3 is 0 Å². The number of carbonyl (C=O) groups is 1.